The van der Waals surface area contributed by atoms with Crippen molar-refractivity contribution in [2.45, 2.75) is 11.3 Å². The maximum atomic E-state index is 12.6. The van der Waals surface area contributed by atoms with E-state index in [2.05, 4.69) is 9.97 Å². The number of morpholine rings is 1. The third-order valence-corrected chi connectivity index (χ3v) is 6.59. The van der Waals surface area contributed by atoms with Crippen LogP contribution in [0.25, 0.3) is 0 Å². The normalized spacial score (nSPS) is 16.2. The largest absolute Gasteiger partial charge is 0.379 e. The Labute approximate surface area is 146 Å². The summed E-state index contributed by atoms with van der Waals surface area (Å²) < 4.78 is 31.8. The highest BCUT2D eigenvalue weighted by Crippen LogP contribution is 2.19. The predicted octanol–water partition coefficient (Wildman–Crippen LogP) is 1.24. The molecule has 1 aliphatic rings. The van der Waals surface area contributed by atoms with Gasteiger partial charge in [-0.3, -0.25) is 0 Å². The van der Waals surface area contributed by atoms with Gasteiger partial charge in [-0.05, 0) is 12.1 Å². The average Bonchev–Trinajstić information content (AvgIpc) is 3.14. The summed E-state index contributed by atoms with van der Waals surface area (Å²) >= 11 is 1.63. The second-order valence-electron chi connectivity index (χ2n) is 5.47. The van der Waals surface area contributed by atoms with Gasteiger partial charge in [-0.1, -0.05) is 0 Å². The maximum Gasteiger partial charge on any atom is 0.244 e. The second kappa shape index (κ2) is 7.56. The van der Waals surface area contributed by atoms with Crippen molar-refractivity contribution in [2.75, 3.05) is 44.8 Å². The monoisotopic (exact) mass is 368 g/mol. The third kappa shape index (κ3) is 3.92. The third-order valence-electron chi connectivity index (χ3n) is 3.86. The Morgan fingerprint density at radius 2 is 2.08 bits per heavy atom. The number of pyridine rings is 1. The average molecular weight is 368 g/mol. The lowest BCUT2D eigenvalue weighted by atomic mass is 10.4. The lowest BCUT2D eigenvalue weighted by Gasteiger charge is -2.26. The molecule has 0 amide bonds. The van der Waals surface area contributed by atoms with Gasteiger partial charge in [-0.15, -0.1) is 11.3 Å². The van der Waals surface area contributed by atoms with Gasteiger partial charge >= 0.3 is 0 Å². The van der Waals surface area contributed by atoms with Crippen LogP contribution >= 0.6 is 11.3 Å². The minimum Gasteiger partial charge on any atom is -0.379 e. The Kier molecular flexibility index (Phi) is 5.44. The maximum absolute atomic E-state index is 12.6. The fourth-order valence-corrected chi connectivity index (χ4v) is 4.40. The summed E-state index contributed by atoms with van der Waals surface area (Å²) in [6, 6.07) is 3.36. The lowest BCUT2D eigenvalue weighted by molar-refractivity contribution is 0.0730. The molecule has 130 valence electrons. The Bertz CT molecular complexity index is 742. The minimum atomic E-state index is -3.49. The van der Waals surface area contributed by atoms with Crippen molar-refractivity contribution < 1.29 is 13.2 Å². The van der Waals surface area contributed by atoms with E-state index in [1.807, 2.05) is 17.3 Å². The number of likely N-dealkylation sites (N-methyl/N-ethyl adjacent to an activating group) is 1. The van der Waals surface area contributed by atoms with Crippen molar-refractivity contribution >= 4 is 27.2 Å². The van der Waals surface area contributed by atoms with Crippen LogP contribution < -0.4 is 4.90 Å². The van der Waals surface area contributed by atoms with Gasteiger partial charge in [0.05, 0.1) is 18.2 Å². The van der Waals surface area contributed by atoms with Crippen LogP contribution in [-0.4, -0.2) is 62.6 Å². The molecule has 1 saturated heterocycles. The SMILES string of the molecule is CN(CCc1nccs1)c1ccc(S(=O)(=O)N2CCOCC2)cn1. The van der Waals surface area contributed by atoms with Crippen molar-refractivity contribution in [2.24, 2.45) is 0 Å². The van der Waals surface area contributed by atoms with Crippen LogP contribution in [0.15, 0.2) is 34.8 Å². The molecule has 24 heavy (non-hydrogen) atoms. The van der Waals surface area contributed by atoms with Gasteiger partial charge in [-0.25, -0.2) is 18.4 Å². The van der Waals surface area contributed by atoms with Crippen LogP contribution in [-0.2, 0) is 21.2 Å². The van der Waals surface area contributed by atoms with Gasteiger partial charge in [0.2, 0.25) is 10.0 Å². The van der Waals surface area contributed by atoms with Crippen molar-refractivity contribution in [3.05, 3.63) is 34.9 Å². The molecule has 1 aliphatic heterocycles. The molecular formula is C15H20N4O3S2. The van der Waals surface area contributed by atoms with Crippen molar-refractivity contribution in [3.63, 3.8) is 0 Å². The zero-order valence-corrected chi connectivity index (χ0v) is 15.1. The molecule has 0 aromatic carbocycles. The molecule has 2 aromatic heterocycles. The Hall–Kier alpha value is -1.55. The van der Waals surface area contributed by atoms with Crippen LogP contribution in [0, 0.1) is 0 Å². The molecule has 2 aromatic rings. The van der Waals surface area contributed by atoms with Gasteiger partial charge in [0.1, 0.15) is 10.7 Å². The van der Waals surface area contributed by atoms with Gasteiger partial charge in [-0.2, -0.15) is 4.31 Å². The topological polar surface area (TPSA) is 75.6 Å². The van der Waals surface area contributed by atoms with E-state index in [0.717, 1.165) is 23.8 Å². The van der Waals surface area contributed by atoms with E-state index in [9.17, 15) is 8.42 Å². The highest BCUT2D eigenvalue weighted by molar-refractivity contribution is 7.89. The van der Waals surface area contributed by atoms with Crippen molar-refractivity contribution in [3.8, 4) is 0 Å². The smallest absolute Gasteiger partial charge is 0.244 e. The number of nitrogens with zero attached hydrogens (tertiary/aromatic N) is 4. The summed E-state index contributed by atoms with van der Waals surface area (Å²) in [6.07, 6.45) is 4.06. The first-order valence-electron chi connectivity index (χ1n) is 7.71. The van der Waals surface area contributed by atoms with E-state index in [0.29, 0.717) is 26.3 Å². The van der Waals surface area contributed by atoms with Crippen molar-refractivity contribution in [1.29, 1.82) is 0 Å². The summed E-state index contributed by atoms with van der Waals surface area (Å²) in [7, 11) is -1.55. The summed E-state index contributed by atoms with van der Waals surface area (Å²) in [5.74, 6) is 0.743. The zero-order valence-electron chi connectivity index (χ0n) is 13.5. The quantitative estimate of drug-likeness (QED) is 0.764. The predicted molar refractivity (Wildman–Crippen MR) is 92.9 cm³/mol. The molecule has 9 heteroatoms. The number of thiazole rings is 1. The molecule has 0 unspecified atom stereocenters. The molecule has 3 heterocycles. The molecule has 7 nitrogen and oxygen atoms in total. The van der Waals surface area contributed by atoms with Crippen LogP contribution in [0.4, 0.5) is 5.82 Å². The molecule has 0 radical (unpaired) electrons. The number of aromatic nitrogens is 2. The standard InChI is InChI=1S/C15H20N4O3S2/c1-18(6-4-15-16-5-11-23-15)14-3-2-13(12-17-14)24(20,21)19-7-9-22-10-8-19/h2-3,5,11-12H,4,6-10H2,1H3. The Morgan fingerprint density at radius 1 is 1.29 bits per heavy atom. The zero-order chi connectivity index (χ0) is 17.0. The number of anilines is 1. The first-order valence-corrected chi connectivity index (χ1v) is 10.0. The second-order valence-corrected chi connectivity index (χ2v) is 8.38. The molecule has 0 bridgehead atoms. The lowest BCUT2D eigenvalue weighted by Crippen LogP contribution is -2.40. The Balaban J connectivity index is 1.65. The molecule has 1 fully saturated rings. The van der Waals surface area contributed by atoms with Crippen LogP contribution in [0.1, 0.15) is 5.01 Å². The van der Waals surface area contributed by atoms with E-state index in [4.69, 9.17) is 4.74 Å². The molecule has 0 saturated carbocycles. The number of sulfonamides is 1. The molecular weight excluding hydrogens is 348 g/mol. The van der Waals surface area contributed by atoms with Gasteiger partial charge in [0.25, 0.3) is 0 Å². The number of ether oxygens (including phenoxy) is 1. The summed E-state index contributed by atoms with van der Waals surface area (Å²) in [6.45, 7) is 2.42. The highest BCUT2D eigenvalue weighted by atomic mass is 32.2. The van der Waals surface area contributed by atoms with Gasteiger partial charge in [0, 0.05) is 50.9 Å². The molecule has 0 N–H and O–H groups in total. The number of rotatable bonds is 6. The molecule has 0 spiro atoms. The summed E-state index contributed by atoms with van der Waals surface area (Å²) in [5.41, 5.74) is 0. The van der Waals surface area contributed by atoms with Gasteiger partial charge in [0.15, 0.2) is 0 Å². The number of hydrogen-bond acceptors (Lipinski definition) is 7. The number of hydrogen-bond donors (Lipinski definition) is 0. The van der Waals surface area contributed by atoms with E-state index >= 15 is 0 Å². The summed E-state index contributed by atoms with van der Waals surface area (Å²) in [5, 5.41) is 3.03. The van der Waals surface area contributed by atoms with E-state index in [-0.39, 0.29) is 4.90 Å². The fourth-order valence-electron chi connectivity index (χ4n) is 2.44. The van der Waals surface area contributed by atoms with Gasteiger partial charge < -0.3 is 9.64 Å². The first kappa shape index (κ1) is 17.3. The van der Waals surface area contributed by atoms with E-state index < -0.39 is 10.0 Å². The van der Waals surface area contributed by atoms with E-state index in [1.54, 1.807) is 29.7 Å². The van der Waals surface area contributed by atoms with Crippen LogP contribution in [0.3, 0.4) is 0 Å². The minimum absolute atomic E-state index is 0.224. The molecule has 0 atom stereocenters. The van der Waals surface area contributed by atoms with Crippen LogP contribution in [0.5, 0.6) is 0 Å². The molecule has 3 rings (SSSR count). The fraction of sp³-hybridized carbons (Fsp3) is 0.467. The van der Waals surface area contributed by atoms with Crippen LogP contribution in [0.2, 0.25) is 0 Å². The van der Waals surface area contributed by atoms with E-state index in [1.165, 1.54) is 10.5 Å². The van der Waals surface area contributed by atoms with Crippen molar-refractivity contribution in [1.82, 2.24) is 14.3 Å². The molecule has 0 aliphatic carbocycles. The summed E-state index contributed by atoms with van der Waals surface area (Å²) in [4.78, 5) is 10.8. The first-order chi connectivity index (χ1) is 11.6. The highest BCUT2D eigenvalue weighted by Gasteiger charge is 2.26. The Morgan fingerprint density at radius 3 is 2.71 bits per heavy atom.